The van der Waals surface area contributed by atoms with Crippen molar-refractivity contribution in [2.75, 3.05) is 20.3 Å². The summed E-state index contributed by atoms with van der Waals surface area (Å²) in [7, 11) is -0.720. The predicted octanol–water partition coefficient (Wildman–Crippen LogP) is -0.863. The highest BCUT2D eigenvalue weighted by molar-refractivity contribution is 6.36. The highest BCUT2D eigenvalue weighted by Gasteiger charge is 2.40. The highest BCUT2D eigenvalue weighted by atomic mass is 35.5. The number of carbonyl (C=O) groups excluding carboxylic acids is 2. The molecule has 0 aromatic heterocycles. The second-order valence-electron chi connectivity index (χ2n) is 8.79. The van der Waals surface area contributed by atoms with Gasteiger partial charge in [-0.25, -0.2) is 4.79 Å². The Balaban J connectivity index is 0. The smallest absolute Gasteiger partial charge is 0.481 e. The van der Waals surface area contributed by atoms with Gasteiger partial charge in [0.25, 0.3) is 5.91 Å². The molecule has 0 fully saturated rings. The molecule has 10 N–H and O–H groups in total. The zero-order valence-electron chi connectivity index (χ0n) is 22.9. The van der Waals surface area contributed by atoms with Crippen molar-refractivity contribution in [3.05, 3.63) is 33.8 Å². The number of carbonyl (C=O) groups is 6. The summed E-state index contributed by atoms with van der Waals surface area (Å²) < 4.78 is 4.89. The Morgan fingerprint density at radius 2 is 1.49 bits per heavy atom. The van der Waals surface area contributed by atoms with Gasteiger partial charge in [0.2, 0.25) is 5.91 Å². The van der Waals surface area contributed by atoms with Gasteiger partial charge >= 0.3 is 31.2 Å². The SMILES string of the molecule is COCCC(=O)N(CC(C)C[C@@H](N)C(=O)O)C(=O)c1cc(Cl)ccc1Cl.O=C(O)CC(O)(CC(=O)O)C(=O)O.OB(O)O. The van der Waals surface area contributed by atoms with Gasteiger partial charge < -0.3 is 51.1 Å². The van der Waals surface area contributed by atoms with E-state index in [4.69, 9.17) is 74.3 Å². The number of carboxylic acid groups (broad SMARTS) is 4. The van der Waals surface area contributed by atoms with E-state index in [0.29, 0.717) is 5.02 Å². The van der Waals surface area contributed by atoms with Crippen LogP contribution in [0.25, 0.3) is 0 Å². The van der Waals surface area contributed by atoms with E-state index < -0.39 is 67.5 Å². The van der Waals surface area contributed by atoms with E-state index in [1.807, 2.05) is 0 Å². The molecular weight excluding hydrogens is 626 g/mol. The number of nitrogens with two attached hydrogens (primary N) is 1. The van der Waals surface area contributed by atoms with Gasteiger partial charge in [-0.15, -0.1) is 0 Å². The first-order chi connectivity index (χ1) is 19.7. The molecule has 0 spiro atoms. The molecule has 1 rings (SSSR count). The average molecular weight is 659 g/mol. The summed E-state index contributed by atoms with van der Waals surface area (Å²) in [5.74, 6) is -7.54. The molecule has 1 aromatic rings. The lowest BCUT2D eigenvalue weighted by molar-refractivity contribution is -0.170. The van der Waals surface area contributed by atoms with E-state index in [0.717, 1.165) is 4.90 Å². The summed E-state index contributed by atoms with van der Waals surface area (Å²) in [6.07, 6.45) is -2.18. The second kappa shape index (κ2) is 20.5. The molecule has 0 bridgehead atoms. The van der Waals surface area contributed by atoms with Gasteiger partial charge in [0.15, 0.2) is 5.60 Å². The average Bonchev–Trinajstić information content (AvgIpc) is 2.85. The van der Waals surface area contributed by atoms with Crippen molar-refractivity contribution in [3.8, 4) is 0 Å². The van der Waals surface area contributed by atoms with E-state index in [-0.39, 0.29) is 42.5 Å². The number of benzene rings is 1. The van der Waals surface area contributed by atoms with Gasteiger partial charge in [-0.2, -0.15) is 0 Å². The third-order valence-electron chi connectivity index (χ3n) is 4.98. The molecule has 0 radical (unpaired) electrons. The molecule has 1 unspecified atom stereocenters. The van der Waals surface area contributed by atoms with E-state index in [9.17, 15) is 28.8 Å². The lowest BCUT2D eigenvalue weighted by Gasteiger charge is -2.25. The number of carboxylic acids is 4. The minimum atomic E-state index is -2.74. The monoisotopic (exact) mass is 658 g/mol. The molecule has 0 aliphatic rings. The van der Waals surface area contributed by atoms with E-state index >= 15 is 0 Å². The summed E-state index contributed by atoms with van der Waals surface area (Å²) in [4.78, 5) is 67.8. The van der Waals surface area contributed by atoms with Crippen LogP contribution in [0.15, 0.2) is 18.2 Å². The molecule has 2 amide bonds. The quantitative estimate of drug-likeness (QED) is 0.110. The molecule has 0 saturated heterocycles. The van der Waals surface area contributed by atoms with Crippen LogP contribution in [0.4, 0.5) is 0 Å². The van der Waals surface area contributed by atoms with Crippen LogP contribution >= 0.6 is 23.2 Å². The van der Waals surface area contributed by atoms with Crippen LogP contribution in [-0.2, 0) is 28.7 Å². The van der Waals surface area contributed by atoms with Crippen molar-refractivity contribution in [2.24, 2.45) is 11.7 Å². The molecule has 0 aliphatic carbocycles. The van der Waals surface area contributed by atoms with Crippen molar-refractivity contribution < 1.29 is 74.1 Å². The molecule has 0 aliphatic heterocycles. The molecule has 242 valence electrons. The third kappa shape index (κ3) is 18.0. The largest absolute Gasteiger partial charge is 0.631 e. The molecule has 0 heterocycles. The molecule has 2 atom stereocenters. The topological polar surface area (TPSA) is 303 Å². The minimum Gasteiger partial charge on any atom is -0.481 e. The number of aliphatic carboxylic acids is 4. The summed E-state index contributed by atoms with van der Waals surface area (Å²) in [6, 6.07) is 3.31. The van der Waals surface area contributed by atoms with Gasteiger partial charge in [0.05, 0.1) is 36.5 Å². The van der Waals surface area contributed by atoms with Crippen LogP contribution in [0, 0.1) is 5.92 Å². The molecule has 1 aromatic carbocycles. The van der Waals surface area contributed by atoms with Gasteiger partial charge in [-0.1, -0.05) is 30.1 Å². The lowest BCUT2D eigenvalue weighted by atomic mass is 9.96. The summed E-state index contributed by atoms with van der Waals surface area (Å²) in [5, 5.41) is 64.7. The van der Waals surface area contributed by atoms with Crippen molar-refractivity contribution in [1.29, 1.82) is 0 Å². The van der Waals surface area contributed by atoms with Gasteiger partial charge in [0, 0.05) is 18.7 Å². The normalized spacial score (nSPS) is 11.8. The first-order valence-electron chi connectivity index (χ1n) is 11.9. The number of imide groups is 1. The first kappa shape index (κ1) is 41.8. The van der Waals surface area contributed by atoms with Gasteiger partial charge in [-0.05, 0) is 30.5 Å². The van der Waals surface area contributed by atoms with E-state index in [1.165, 1.54) is 25.3 Å². The van der Waals surface area contributed by atoms with E-state index in [1.54, 1.807) is 6.92 Å². The Hall–Kier alpha value is -3.36. The zero-order valence-corrected chi connectivity index (χ0v) is 24.4. The maximum absolute atomic E-state index is 12.9. The molecular formula is C23H33BCl2N2O15. The number of ether oxygens (including phenoxy) is 1. The van der Waals surface area contributed by atoms with Gasteiger partial charge in [0.1, 0.15) is 6.04 Å². The number of halogens is 2. The Kier molecular flexibility index (Phi) is 19.9. The fourth-order valence-electron chi connectivity index (χ4n) is 3.06. The van der Waals surface area contributed by atoms with Crippen LogP contribution in [0.3, 0.4) is 0 Å². The summed E-state index contributed by atoms with van der Waals surface area (Å²) in [6.45, 7) is 1.87. The fourth-order valence-corrected chi connectivity index (χ4v) is 3.43. The van der Waals surface area contributed by atoms with Crippen molar-refractivity contribution >= 4 is 66.2 Å². The zero-order chi connectivity index (χ0) is 34.1. The second-order valence-corrected chi connectivity index (χ2v) is 9.63. The number of rotatable bonds is 14. The van der Waals surface area contributed by atoms with Crippen LogP contribution < -0.4 is 5.73 Å². The molecule has 43 heavy (non-hydrogen) atoms. The number of methoxy groups -OCH3 is 1. The fraction of sp³-hybridized carbons (Fsp3) is 0.478. The van der Waals surface area contributed by atoms with Crippen molar-refractivity contribution in [3.63, 3.8) is 0 Å². The maximum atomic E-state index is 12.9. The lowest BCUT2D eigenvalue weighted by Crippen LogP contribution is -2.42. The summed E-state index contributed by atoms with van der Waals surface area (Å²) in [5.41, 5.74) is 2.89. The maximum Gasteiger partial charge on any atom is 0.631 e. The number of aliphatic hydroxyl groups is 1. The molecule has 17 nitrogen and oxygen atoms in total. The Morgan fingerprint density at radius 3 is 1.88 bits per heavy atom. The Morgan fingerprint density at radius 1 is 1.00 bits per heavy atom. The number of hydrogen-bond acceptors (Lipinski definition) is 12. The molecule has 20 heteroatoms. The summed E-state index contributed by atoms with van der Waals surface area (Å²) >= 11 is 12.0. The van der Waals surface area contributed by atoms with Crippen LogP contribution in [0.2, 0.25) is 10.0 Å². The Bertz CT molecular complexity index is 1100. The van der Waals surface area contributed by atoms with Gasteiger partial charge in [-0.3, -0.25) is 28.9 Å². The standard InChI is InChI=1S/C17H22Cl2N2O5.C6H8O7.BH3O3/c1-10(7-14(20)17(24)25)9-21(15(22)5-6-26-2)16(23)12-8-11(18)3-4-13(12)19;7-3(8)1-6(13,5(11)12)2-4(9)10;2-1(3)4/h3-4,8,10,14H,5-7,9,20H2,1-2H3,(H,24,25);13H,1-2H2,(H,7,8)(H,9,10)(H,11,12);2-4H/t10?,14-;;/m1../s1. The van der Waals surface area contributed by atoms with E-state index in [2.05, 4.69) is 0 Å². The molecule has 0 saturated carbocycles. The Labute approximate surface area is 255 Å². The number of nitrogens with zero attached hydrogens (tertiary/aromatic N) is 1. The first-order valence-corrected chi connectivity index (χ1v) is 12.6. The highest BCUT2D eigenvalue weighted by Crippen LogP contribution is 2.23. The van der Waals surface area contributed by atoms with Crippen LogP contribution in [0.5, 0.6) is 0 Å². The third-order valence-corrected chi connectivity index (χ3v) is 5.54. The van der Waals surface area contributed by atoms with Crippen molar-refractivity contribution in [2.45, 2.75) is 44.2 Å². The van der Waals surface area contributed by atoms with Crippen LogP contribution in [0.1, 0.15) is 43.0 Å². The minimum absolute atomic E-state index is 0.00186. The van der Waals surface area contributed by atoms with Crippen molar-refractivity contribution in [1.82, 2.24) is 4.90 Å². The number of hydrogen-bond donors (Lipinski definition) is 9. The predicted molar refractivity (Wildman–Crippen MR) is 148 cm³/mol. The number of amides is 2. The van der Waals surface area contributed by atoms with Crippen LogP contribution in [-0.4, -0.2) is 120 Å².